The normalized spacial score (nSPS) is 11.4. The van der Waals surface area contributed by atoms with Crippen LogP contribution in [0.1, 0.15) is 22.2 Å². The zero-order valence-corrected chi connectivity index (χ0v) is 19.5. The van der Waals surface area contributed by atoms with Crippen LogP contribution in [0.25, 0.3) is 43.5 Å². The van der Waals surface area contributed by atoms with Gasteiger partial charge in [-0.1, -0.05) is 36.4 Å². The summed E-state index contributed by atoms with van der Waals surface area (Å²) in [5.74, 6) is -0.884. The minimum Gasteiger partial charge on any atom is -0.505 e. The first kappa shape index (κ1) is 21.7. The molecular formula is C25H21N3O5S. The van der Waals surface area contributed by atoms with Gasteiger partial charge in [-0.15, -0.1) is 11.3 Å². The highest BCUT2D eigenvalue weighted by Crippen LogP contribution is 2.47. The van der Waals surface area contributed by atoms with Gasteiger partial charge in [-0.05, 0) is 36.2 Å². The Morgan fingerprint density at radius 3 is 2.59 bits per heavy atom. The van der Waals surface area contributed by atoms with Gasteiger partial charge in [0.1, 0.15) is 17.0 Å². The van der Waals surface area contributed by atoms with Crippen LogP contribution in [0.3, 0.4) is 0 Å². The zero-order valence-electron chi connectivity index (χ0n) is 18.7. The second-order valence-corrected chi connectivity index (χ2v) is 9.14. The first-order valence-corrected chi connectivity index (χ1v) is 11.5. The van der Waals surface area contributed by atoms with Gasteiger partial charge in [0.15, 0.2) is 0 Å². The fourth-order valence-corrected chi connectivity index (χ4v) is 5.33. The van der Waals surface area contributed by atoms with Gasteiger partial charge in [-0.25, -0.2) is 9.59 Å². The summed E-state index contributed by atoms with van der Waals surface area (Å²) in [6.45, 7) is 3.57. The van der Waals surface area contributed by atoms with Crippen molar-refractivity contribution in [2.24, 2.45) is 7.05 Å². The highest BCUT2D eigenvalue weighted by atomic mass is 32.1. The fraction of sp³-hybridized carbons (Fsp3) is 0.160. The number of hydrogen-bond acceptors (Lipinski definition) is 6. The molecule has 34 heavy (non-hydrogen) atoms. The van der Waals surface area contributed by atoms with Crippen LogP contribution >= 0.6 is 11.3 Å². The van der Waals surface area contributed by atoms with Crippen molar-refractivity contribution < 1.29 is 14.6 Å². The molecule has 0 spiro atoms. The Balaban J connectivity index is 1.88. The molecule has 0 saturated carbocycles. The Morgan fingerprint density at radius 2 is 1.85 bits per heavy atom. The highest BCUT2D eigenvalue weighted by molar-refractivity contribution is 7.16. The maximum absolute atomic E-state index is 13.0. The number of thiophene rings is 1. The van der Waals surface area contributed by atoms with Crippen molar-refractivity contribution in [2.45, 2.75) is 13.8 Å². The van der Waals surface area contributed by atoms with Gasteiger partial charge in [-0.3, -0.25) is 14.3 Å². The minimum absolute atomic E-state index is 0.0712. The van der Waals surface area contributed by atoms with Crippen LogP contribution in [-0.4, -0.2) is 32.2 Å². The number of carbonyl (C=O) groups is 1. The van der Waals surface area contributed by atoms with Gasteiger partial charge >= 0.3 is 11.7 Å². The lowest BCUT2D eigenvalue weighted by Gasteiger charge is -2.06. The van der Waals surface area contributed by atoms with E-state index in [1.165, 1.54) is 15.9 Å². The van der Waals surface area contributed by atoms with E-state index < -0.39 is 17.2 Å². The number of esters is 1. The maximum Gasteiger partial charge on any atom is 0.343 e. The van der Waals surface area contributed by atoms with Gasteiger partial charge < -0.3 is 14.8 Å². The number of fused-ring (bicyclic) bond motifs is 2. The molecule has 5 rings (SSSR count). The first-order valence-electron chi connectivity index (χ1n) is 10.7. The number of benzene rings is 2. The summed E-state index contributed by atoms with van der Waals surface area (Å²) in [6.07, 6.45) is 0. The molecule has 0 unspecified atom stereocenters. The summed E-state index contributed by atoms with van der Waals surface area (Å²) in [7, 11) is 1.55. The number of aromatic amines is 2. The van der Waals surface area contributed by atoms with Crippen LogP contribution in [-0.2, 0) is 11.8 Å². The van der Waals surface area contributed by atoms with E-state index in [1.54, 1.807) is 20.9 Å². The molecule has 172 valence electrons. The number of nitrogens with zero attached hydrogens (tertiary/aromatic N) is 1. The smallest absolute Gasteiger partial charge is 0.343 e. The predicted molar refractivity (Wildman–Crippen MR) is 133 cm³/mol. The van der Waals surface area contributed by atoms with Crippen molar-refractivity contribution in [3.8, 4) is 27.4 Å². The number of aryl methyl sites for hydroxylation is 2. The summed E-state index contributed by atoms with van der Waals surface area (Å²) < 4.78 is 6.43. The molecule has 0 aliphatic carbocycles. The van der Waals surface area contributed by atoms with E-state index in [1.807, 2.05) is 42.5 Å². The van der Waals surface area contributed by atoms with Gasteiger partial charge in [-0.2, -0.15) is 0 Å². The number of aromatic nitrogens is 3. The molecular weight excluding hydrogens is 454 g/mol. The summed E-state index contributed by atoms with van der Waals surface area (Å²) in [6, 6.07) is 13.7. The van der Waals surface area contributed by atoms with Crippen LogP contribution in [0.4, 0.5) is 0 Å². The van der Waals surface area contributed by atoms with E-state index in [0.717, 1.165) is 16.3 Å². The van der Waals surface area contributed by atoms with Gasteiger partial charge in [0.05, 0.1) is 22.6 Å². The third-order valence-electron chi connectivity index (χ3n) is 5.87. The lowest BCUT2D eigenvalue weighted by Crippen LogP contribution is -2.28. The van der Waals surface area contributed by atoms with Crippen LogP contribution in [0.2, 0.25) is 0 Å². The number of H-pyrrole nitrogens is 2. The standard InChI is InChI=1S/C25H21N3O5S/c1-4-33-24(31)16-12(2)34-21(20(16)29)17-18-22(28(3)25(32)27-23(18)30)26-19(17)15-10-9-13-7-5-6-8-14(13)11-15/h5-11,26,29H,4H2,1-3H3,(H,27,30,32). The molecule has 0 atom stereocenters. The van der Waals surface area contributed by atoms with Crippen LogP contribution in [0, 0.1) is 6.92 Å². The van der Waals surface area contributed by atoms with Crippen LogP contribution < -0.4 is 11.2 Å². The maximum atomic E-state index is 13.0. The molecule has 2 aromatic carbocycles. The minimum atomic E-state index is -0.631. The summed E-state index contributed by atoms with van der Waals surface area (Å²) >= 11 is 1.19. The summed E-state index contributed by atoms with van der Waals surface area (Å²) in [5.41, 5.74) is 0.980. The molecule has 0 fully saturated rings. The molecule has 0 amide bonds. The molecule has 3 N–H and O–H groups in total. The van der Waals surface area contributed by atoms with Crippen molar-refractivity contribution >= 4 is 39.1 Å². The largest absolute Gasteiger partial charge is 0.505 e. The van der Waals surface area contributed by atoms with Gasteiger partial charge in [0.25, 0.3) is 5.56 Å². The van der Waals surface area contributed by atoms with E-state index in [2.05, 4.69) is 9.97 Å². The summed E-state index contributed by atoms with van der Waals surface area (Å²) in [4.78, 5) is 44.2. The monoisotopic (exact) mass is 475 g/mol. The van der Waals surface area contributed by atoms with E-state index >= 15 is 0 Å². The fourth-order valence-electron chi connectivity index (χ4n) is 4.24. The number of ether oxygens (including phenoxy) is 1. The Labute approximate surface area is 197 Å². The number of carbonyl (C=O) groups excluding carboxylic acids is 1. The highest BCUT2D eigenvalue weighted by Gasteiger charge is 2.29. The van der Waals surface area contributed by atoms with Crippen molar-refractivity contribution in [3.05, 3.63) is 73.7 Å². The third-order valence-corrected chi connectivity index (χ3v) is 6.98. The lowest BCUT2D eigenvalue weighted by atomic mass is 10.0. The topological polar surface area (TPSA) is 117 Å². The molecule has 8 nitrogen and oxygen atoms in total. The van der Waals surface area contributed by atoms with Crippen LogP contribution in [0.15, 0.2) is 52.1 Å². The quantitative estimate of drug-likeness (QED) is 0.335. The molecule has 0 saturated heterocycles. The van der Waals surface area contributed by atoms with Crippen molar-refractivity contribution in [1.82, 2.24) is 14.5 Å². The second kappa shape index (κ2) is 8.03. The van der Waals surface area contributed by atoms with E-state index in [9.17, 15) is 19.5 Å². The molecule has 0 aliphatic heterocycles. The number of aromatic hydroxyl groups is 1. The molecule has 5 aromatic rings. The van der Waals surface area contributed by atoms with Gasteiger partial charge in [0.2, 0.25) is 0 Å². The zero-order chi connectivity index (χ0) is 24.1. The van der Waals surface area contributed by atoms with E-state index in [0.29, 0.717) is 26.7 Å². The van der Waals surface area contributed by atoms with E-state index in [4.69, 9.17) is 4.74 Å². The average Bonchev–Trinajstić information content (AvgIpc) is 3.35. The average molecular weight is 476 g/mol. The molecule has 3 aromatic heterocycles. The number of nitrogens with one attached hydrogen (secondary N) is 2. The third kappa shape index (κ3) is 3.24. The Kier molecular flexibility index (Phi) is 5.13. The molecule has 0 radical (unpaired) electrons. The molecule has 9 heteroatoms. The summed E-state index contributed by atoms with van der Waals surface area (Å²) in [5, 5.41) is 13.4. The molecule has 3 heterocycles. The number of rotatable bonds is 4. The van der Waals surface area contributed by atoms with Crippen molar-refractivity contribution in [1.29, 1.82) is 0 Å². The second-order valence-electron chi connectivity index (χ2n) is 7.91. The van der Waals surface area contributed by atoms with E-state index in [-0.39, 0.29) is 23.3 Å². The Morgan fingerprint density at radius 1 is 1.12 bits per heavy atom. The molecule has 0 aliphatic rings. The predicted octanol–water partition coefficient (Wildman–Crippen LogP) is 4.29. The van der Waals surface area contributed by atoms with Crippen molar-refractivity contribution in [3.63, 3.8) is 0 Å². The van der Waals surface area contributed by atoms with Gasteiger partial charge in [0, 0.05) is 17.5 Å². The molecule has 0 bridgehead atoms. The van der Waals surface area contributed by atoms with Crippen molar-refractivity contribution in [2.75, 3.05) is 6.61 Å². The van der Waals surface area contributed by atoms with Crippen LogP contribution in [0.5, 0.6) is 5.75 Å². The number of hydrogen-bond donors (Lipinski definition) is 3. The SMILES string of the molecule is CCOC(=O)c1c(C)sc(-c2c(-c3ccc4ccccc4c3)[nH]c3c2c(=O)[nH]c(=O)n3C)c1O. The Hall–Kier alpha value is -4.11. The first-order chi connectivity index (χ1) is 16.3. The Bertz CT molecular complexity index is 1720. The lowest BCUT2D eigenvalue weighted by molar-refractivity contribution is 0.0523.